The van der Waals surface area contributed by atoms with Gasteiger partial charge in [0.25, 0.3) is 0 Å². The number of alkyl halides is 2. The molecule has 1 saturated heterocycles. The van der Waals surface area contributed by atoms with Crippen LogP contribution in [0.25, 0.3) is 0 Å². The van der Waals surface area contributed by atoms with Crippen molar-refractivity contribution in [1.82, 2.24) is 5.32 Å². The zero-order valence-corrected chi connectivity index (χ0v) is 7.03. The van der Waals surface area contributed by atoms with Crippen molar-refractivity contribution in [3.8, 4) is 0 Å². The fraction of sp³-hybridized carbons (Fsp3) is 1.00. The van der Waals surface area contributed by atoms with Gasteiger partial charge in [-0.15, -0.1) is 0 Å². The van der Waals surface area contributed by atoms with Crippen molar-refractivity contribution in [2.45, 2.75) is 26.2 Å². The maximum absolute atomic E-state index is 12.7. The number of nitrogens with one attached hydrogen (secondary N) is 1. The molecule has 1 nitrogen and oxygen atoms in total. The predicted molar refractivity (Wildman–Crippen MR) is 40.8 cm³/mol. The molecule has 1 aliphatic heterocycles. The summed E-state index contributed by atoms with van der Waals surface area (Å²) in [6, 6.07) is 0. The van der Waals surface area contributed by atoms with Crippen LogP contribution in [0.2, 0.25) is 0 Å². The second-order valence-electron chi connectivity index (χ2n) is 3.65. The van der Waals surface area contributed by atoms with Gasteiger partial charge in [-0.05, 0) is 25.8 Å². The summed E-state index contributed by atoms with van der Waals surface area (Å²) in [5.41, 5.74) is 0. The van der Waals surface area contributed by atoms with E-state index in [1.54, 1.807) is 0 Å². The van der Waals surface area contributed by atoms with Gasteiger partial charge in [0.2, 0.25) is 5.92 Å². The van der Waals surface area contributed by atoms with Gasteiger partial charge in [-0.3, -0.25) is 0 Å². The molecule has 2 atom stereocenters. The van der Waals surface area contributed by atoms with Crippen LogP contribution in [0.5, 0.6) is 0 Å². The fourth-order valence-corrected chi connectivity index (χ4v) is 1.54. The summed E-state index contributed by atoms with van der Waals surface area (Å²) in [6.45, 7) is 4.36. The minimum Gasteiger partial charge on any atom is -0.316 e. The molecule has 1 fully saturated rings. The third kappa shape index (κ3) is 2.40. The molecule has 3 heteroatoms. The first kappa shape index (κ1) is 8.91. The standard InChI is InChI=1S/C8H15F2N/c1-6-3-7(5-11-4-6)8(2,9)10/h6-7,11H,3-5H2,1-2H3. The van der Waals surface area contributed by atoms with Gasteiger partial charge in [0.1, 0.15) is 0 Å². The monoisotopic (exact) mass is 163 g/mol. The lowest BCUT2D eigenvalue weighted by Crippen LogP contribution is -2.42. The smallest absolute Gasteiger partial charge is 0.249 e. The molecule has 0 aromatic rings. The van der Waals surface area contributed by atoms with Gasteiger partial charge in [-0.1, -0.05) is 6.92 Å². The molecule has 0 spiro atoms. The number of halogens is 2. The molecule has 1 aliphatic rings. The van der Waals surface area contributed by atoms with E-state index >= 15 is 0 Å². The van der Waals surface area contributed by atoms with Gasteiger partial charge in [-0.25, -0.2) is 8.78 Å². The van der Waals surface area contributed by atoms with Crippen molar-refractivity contribution >= 4 is 0 Å². The molecule has 2 unspecified atom stereocenters. The normalized spacial score (nSPS) is 33.8. The Morgan fingerprint density at radius 2 is 2.00 bits per heavy atom. The SMILES string of the molecule is CC1CNCC(C(C)(F)F)C1. The van der Waals surface area contributed by atoms with E-state index in [1.165, 1.54) is 0 Å². The summed E-state index contributed by atoms with van der Waals surface area (Å²) in [5, 5.41) is 3.01. The topological polar surface area (TPSA) is 12.0 Å². The van der Waals surface area contributed by atoms with E-state index in [-0.39, 0.29) is 0 Å². The lowest BCUT2D eigenvalue weighted by Gasteiger charge is -2.31. The molecule has 0 amide bonds. The number of hydrogen-bond donors (Lipinski definition) is 1. The predicted octanol–water partition coefficient (Wildman–Crippen LogP) is 1.89. The molecule has 1 heterocycles. The van der Waals surface area contributed by atoms with E-state index in [9.17, 15) is 8.78 Å². The van der Waals surface area contributed by atoms with Crippen LogP contribution in [0.15, 0.2) is 0 Å². The van der Waals surface area contributed by atoms with Crippen molar-refractivity contribution in [2.75, 3.05) is 13.1 Å². The van der Waals surface area contributed by atoms with Crippen LogP contribution < -0.4 is 5.32 Å². The van der Waals surface area contributed by atoms with Gasteiger partial charge in [0.15, 0.2) is 0 Å². The van der Waals surface area contributed by atoms with Crippen LogP contribution >= 0.6 is 0 Å². The Morgan fingerprint density at radius 1 is 1.36 bits per heavy atom. The molecule has 1 rings (SSSR count). The third-order valence-electron chi connectivity index (χ3n) is 2.29. The highest BCUT2D eigenvalue weighted by Gasteiger charge is 2.36. The summed E-state index contributed by atoms with van der Waals surface area (Å²) in [5.74, 6) is -2.59. The molecule has 0 aromatic carbocycles. The fourth-order valence-electron chi connectivity index (χ4n) is 1.54. The highest BCUT2D eigenvalue weighted by Crippen LogP contribution is 2.30. The Hall–Kier alpha value is -0.180. The summed E-state index contributed by atoms with van der Waals surface area (Å²) in [6.07, 6.45) is 0.649. The van der Waals surface area contributed by atoms with Gasteiger partial charge in [0, 0.05) is 12.5 Å². The summed E-state index contributed by atoms with van der Waals surface area (Å²) < 4.78 is 25.5. The number of piperidine rings is 1. The molecule has 0 saturated carbocycles. The van der Waals surface area contributed by atoms with E-state index in [2.05, 4.69) is 5.32 Å². The van der Waals surface area contributed by atoms with Gasteiger partial charge in [-0.2, -0.15) is 0 Å². The molecule has 0 bridgehead atoms. The first-order valence-electron chi connectivity index (χ1n) is 4.08. The van der Waals surface area contributed by atoms with Crippen LogP contribution in [0.3, 0.4) is 0 Å². The molecule has 11 heavy (non-hydrogen) atoms. The minimum absolute atomic E-state index is 0.388. The summed E-state index contributed by atoms with van der Waals surface area (Å²) in [4.78, 5) is 0. The molecule has 0 aliphatic carbocycles. The Balaban J connectivity index is 2.46. The average molecular weight is 163 g/mol. The van der Waals surface area contributed by atoms with E-state index in [0.717, 1.165) is 13.5 Å². The zero-order valence-electron chi connectivity index (χ0n) is 7.03. The first-order valence-corrected chi connectivity index (χ1v) is 4.08. The van der Waals surface area contributed by atoms with Crippen LogP contribution in [0.1, 0.15) is 20.3 Å². The lowest BCUT2D eigenvalue weighted by molar-refractivity contribution is -0.0536. The molecular weight excluding hydrogens is 148 g/mol. The van der Waals surface area contributed by atoms with Crippen molar-refractivity contribution in [3.63, 3.8) is 0 Å². The van der Waals surface area contributed by atoms with E-state index in [4.69, 9.17) is 0 Å². The Morgan fingerprint density at radius 3 is 2.36 bits per heavy atom. The summed E-state index contributed by atoms with van der Waals surface area (Å²) in [7, 11) is 0. The number of rotatable bonds is 1. The first-order chi connectivity index (χ1) is 5.00. The highest BCUT2D eigenvalue weighted by molar-refractivity contribution is 4.81. The maximum Gasteiger partial charge on any atom is 0.249 e. The molecule has 1 N–H and O–H groups in total. The van der Waals surface area contributed by atoms with Crippen LogP contribution in [-0.2, 0) is 0 Å². The largest absolute Gasteiger partial charge is 0.316 e. The zero-order chi connectivity index (χ0) is 8.48. The van der Waals surface area contributed by atoms with Crippen LogP contribution in [-0.4, -0.2) is 19.0 Å². The molecule has 66 valence electrons. The Kier molecular flexibility index (Phi) is 2.47. The third-order valence-corrected chi connectivity index (χ3v) is 2.29. The highest BCUT2D eigenvalue weighted by atomic mass is 19.3. The second kappa shape index (κ2) is 3.05. The van der Waals surface area contributed by atoms with Crippen molar-refractivity contribution in [2.24, 2.45) is 11.8 Å². The van der Waals surface area contributed by atoms with Crippen molar-refractivity contribution < 1.29 is 8.78 Å². The van der Waals surface area contributed by atoms with E-state index in [1.807, 2.05) is 6.92 Å². The number of hydrogen-bond acceptors (Lipinski definition) is 1. The molecular formula is C8H15F2N. The van der Waals surface area contributed by atoms with Gasteiger partial charge < -0.3 is 5.32 Å². The van der Waals surface area contributed by atoms with E-state index < -0.39 is 11.8 Å². The van der Waals surface area contributed by atoms with Gasteiger partial charge >= 0.3 is 0 Å². The molecule has 0 radical (unpaired) electrons. The minimum atomic E-state index is -2.51. The quantitative estimate of drug-likeness (QED) is 0.622. The Labute approximate surface area is 66.2 Å². The lowest BCUT2D eigenvalue weighted by atomic mass is 9.88. The average Bonchev–Trinajstić information content (AvgIpc) is 1.86. The van der Waals surface area contributed by atoms with E-state index in [0.29, 0.717) is 18.9 Å². The van der Waals surface area contributed by atoms with Crippen molar-refractivity contribution in [3.05, 3.63) is 0 Å². The van der Waals surface area contributed by atoms with Gasteiger partial charge in [0.05, 0.1) is 0 Å². The molecule has 0 aromatic heterocycles. The summed E-state index contributed by atoms with van der Waals surface area (Å²) >= 11 is 0. The second-order valence-corrected chi connectivity index (χ2v) is 3.65. The van der Waals surface area contributed by atoms with Crippen molar-refractivity contribution in [1.29, 1.82) is 0 Å². The van der Waals surface area contributed by atoms with Crippen LogP contribution in [0.4, 0.5) is 8.78 Å². The Bertz CT molecular complexity index is 131. The van der Waals surface area contributed by atoms with Crippen LogP contribution in [0, 0.1) is 11.8 Å². The maximum atomic E-state index is 12.7.